The van der Waals surface area contributed by atoms with Crippen LogP contribution in [-0.4, -0.2) is 35.6 Å². The van der Waals surface area contributed by atoms with Crippen molar-refractivity contribution in [1.82, 2.24) is 14.1 Å². The van der Waals surface area contributed by atoms with Gasteiger partial charge in [-0.1, -0.05) is 23.7 Å². The molecule has 0 aliphatic carbocycles. The van der Waals surface area contributed by atoms with Gasteiger partial charge in [0, 0.05) is 25.0 Å². The molecule has 5 nitrogen and oxygen atoms in total. The van der Waals surface area contributed by atoms with Crippen LogP contribution in [0.2, 0.25) is 5.02 Å². The first kappa shape index (κ1) is 15.5. The van der Waals surface area contributed by atoms with Gasteiger partial charge < -0.3 is 0 Å². The molecule has 1 atom stereocenters. The lowest BCUT2D eigenvalue weighted by molar-refractivity contribution is 0.183. The summed E-state index contributed by atoms with van der Waals surface area (Å²) in [6.07, 6.45) is 1.51. The standard InChI is InChI=1S/C14H15ClFN3O2S/c1-18-13(5-7-17-18)22(20,21)19-8-6-14(16,10-19)11-3-2-4-12(15)9-11/h2-5,7,9H,6,8,10H2,1H3/t14-/m1/s1. The molecule has 22 heavy (non-hydrogen) atoms. The molecule has 0 amide bonds. The van der Waals surface area contributed by atoms with E-state index >= 15 is 4.39 Å². The highest BCUT2D eigenvalue weighted by atomic mass is 35.5. The second-order valence-corrected chi connectivity index (χ2v) is 7.68. The molecular weight excluding hydrogens is 329 g/mol. The van der Waals surface area contributed by atoms with E-state index in [1.807, 2.05) is 0 Å². The Morgan fingerprint density at radius 3 is 2.77 bits per heavy atom. The molecule has 2 aromatic rings. The molecule has 0 radical (unpaired) electrons. The van der Waals surface area contributed by atoms with E-state index in [0.717, 1.165) is 4.31 Å². The molecule has 0 spiro atoms. The van der Waals surface area contributed by atoms with Crippen molar-refractivity contribution in [2.45, 2.75) is 17.1 Å². The van der Waals surface area contributed by atoms with Crippen molar-refractivity contribution < 1.29 is 12.8 Å². The quantitative estimate of drug-likeness (QED) is 0.859. The van der Waals surface area contributed by atoms with Crippen LogP contribution in [0.3, 0.4) is 0 Å². The Kier molecular flexibility index (Phi) is 3.74. The van der Waals surface area contributed by atoms with Crippen LogP contribution in [0.4, 0.5) is 4.39 Å². The van der Waals surface area contributed by atoms with Crippen LogP contribution in [0, 0.1) is 0 Å². The molecular formula is C14H15ClFN3O2S. The maximum Gasteiger partial charge on any atom is 0.260 e. The Morgan fingerprint density at radius 1 is 1.36 bits per heavy atom. The van der Waals surface area contributed by atoms with Crippen LogP contribution >= 0.6 is 11.6 Å². The summed E-state index contributed by atoms with van der Waals surface area (Å²) in [5.41, 5.74) is -1.32. The van der Waals surface area contributed by atoms with Crippen molar-refractivity contribution in [3.8, 4) is 0 Å². The van der Waals surface area contributed by atoms with Gasteiger partial charge in [-0.25, -0.2) is 12.8 Å². The highest BCUT2D eigenvalue weighted by Gasteiger charge is 2.45. The molecule has 118 valence electrons. The minimum Gasteiger partial charge on any atom is -0.256 e. The molecule has 1 aromatic heterocycles. The summed E-state index contributed by atoms with van der Waals surface area (Å²) in [5, 5.41) is 4.35. The summed E-state index contributed by atoms with van der Waals surface area (Å²) in [7, 11) is -2.21. The normalized spacial score (nSPS) is 23.0. The lowest BCUT2D eigenvalue weighted by atomic mass is 9.95. The fourth-order valence-electron chi connectivity index (χ4n) is 2.69. The summed E-state index contributed by atoms with van der Waals surface area (Å²) in [6, 6.07) is 7.91. The van der Waals surface area contributed by atoms with Crippen LogP contribution in [-0.2, 0) is 22.7 Å². The SMILES string of the molecule is Cn1nccc1S(=O)(=O)N1CC[C@](F)(c2cccc(Cl)c2)C1. The number of benzene rings is 1. The predicted molar refractivity (Wildman–Crippen MR) is 80.8 cm³/mol. The molecule has 1 aliphatic heterocycles. The number of aromatic nitrogens is 2. The zero-order chi connectivity index (χ0) is 16.0. The van der Waals surface area contributed by atoms with Crippen molar-refractivity contribution in [2.24, 2.45) is 7.05 Å². The number of hydrogen-bond donors (Lipinski definition) is 0. The van der Waals surface area contributed by atoms with Crippen molar-refractivity contribution >= 4 is 21.6 Å². The van der Waals surface area contributed by atoms with Crippen molar-refractivity contribution in [1.29, 1.82) is 0 Å². The second kappa shape index (κ2) is 5.33. The third kappa shape index (κ3) is 2.53. The van der Waals surface area contributed by atoms with Crippen LogP contribution in [0.5, 0.6) is 0 Å². The molecule has 1 fully saturated rings. The van der Waals surface area contributed by atoms with Crippen molar-refractivity contribution in [2.75, 3.05) is 13.1 Å². The van der Waals surface area contributed by atoms with E-state index < -0.39 is 15.7 Å². The highest BCUT2D eigenvalue weighted by Crippen LogP contribution is 2.39. The van der Waals surface area contributed by atoms with Crippen LogP contribution in [0.15, 0.2) is 41.6 Å². The predicted octanol–water partition coefficient (Wildman–Crippen LogP) is 2.33. The maximum absolute atomic E-state index is 15.2. The Labute approximate surface area is 133 Å². The van der Waals surface area contributed by atoms with Gasteiger partial charge in [-0.2, -0.15) is 9.40 Å². The van der Waals surface area contributed by atoms with Gasteiger partial charge in [-0.05, 0) is 23.8 Å². The number of halogens is 2. The number of sulfonamides is 1. The Balaban J connectivity index is 1.90. The van der Waals surface area contributed by atoms with Gasteiger partial charge in [0.1, 0.15) is 0 Å². The van der Waals surface area contributed by atoms with E-state index in [1.165, 1.54) is 16.9 Å². The van der Waals surface area contributed by atoms with E-state index in [1.54, 1.807) is 31.3 Å². The molecule has 2 heterocycles. The third-order valence-electron chi connectivity index (χ3n) is 3.91. The topological polar surface area (TPSA) is 55.2 Å². The molecule has 8 heteroatoms. The molecule has 0 bridgehead atoms. The average Bonchev–Trinajstić information content (AvgIpc) is 3.07. The largest absolute Gasteiger partial charge is 0.260 e. The summed E-state index contributed by atoms with van der Waals surface area (Å²) in [5.74, 6) is 0. The smallest absolute Gasteiger partial charge is 0.256 e. The number of aryl methyl sites for hydroxylation is 1. The minimum absolute atomic E-state index is 0.0582. The van der Waals surface area contributed by atoms with Gasteiger partial charge in [-0.15, -0.1) is 0 Å². The zero-order valence-corrected chi connectivity index (χ0v) is 13.5. The number of alkyl halides is 1. The van der Waals surface area contributed by atoms with Gasteiger partial charge in [0.2, 0.25) is 0 Å². The highest BCUT2D eigenvalue weighted by molar-refractivity contribution is 7.89. The van der Waals surface area contributed by atoms with E-state index in [0.29, 0.717) is 10.6 Å². The minimum atomic E-state index is -3.75. The summed E-state index contributed by atoms with van der Waals surface area (Å²) >= 11 is 5.90. The fourth-order valence-corrected chi connectivity index (χ4v) is 4.47. The maximum atomic E-state index is 15.2. The van der Waals surface area contributed by atoms with Crippen LogP contribution < -0.4 is 0 Å². The fraction of sp³-hybridized carbons (Fsp3) is 0.357. The molecule has 1 aliphatic rings. The molecule has 3 rings (SSSR count). The molecule has 1 saturated heterocycles. The number of rotatable bonds is 3. The van der Waals surface area contributed by atoms with Gasteiger partial charge in [0.15, 0.2) is 10.7 Å². The van der Waals surface area contributed by atoms with Gasteiger partial charge in [-0.3, -0.25) is 4.68 Å². The second-order valence-electron chi connectivity index (χ2n) is 5.36. The molecule has 0 unspecified atom stereocenters. The lowest BCUT2D eigenvalue weighted by Gasteiger charge is -2.21. The Morgan fingerprint density at radius 2 is 2.14 bits per heavy atom. The van der Waals surface area contributed by atoms with Crippen LogP contribution in [0.25, 0.3) is 0 Å². The van der Waals surface area contributed by atoms with Crippen molar-refractivity contribution in [3.63, 3.8) is 0 Å². The van der Waals surface area contributed by atoms with Gasteiger partial charge in [0.05, 0.1) is 12.7 Å². The molecule has 1 aromatic carbocycles. The average molecular weight is 344 g/mol. The van der Waals surface area contributed by atoms with E-state index in [9.17, 15) is 8.42 Å². The van der Waals surface area contributed by atoms with Gasteiger partial charge >= 0.3 is 0 Å². The number of hydrogen-bond acceptors (Lipinski definition) is 3. The lowest BCUT2D eigenvalue weighted by Crippen LogP contribution is -2.33. The Hall–Kier alpha value is -1.44. The summed E-state index contributed by atoms with van der Waals surface area (Å²) in [6.45, 7) is -0.0998. The monoisotopic (exact) mass is 343 g/mol. The first-order valence-electron chi connectivity index (χ1n) is 6.76. The summed E-state index contributed by atoms with van der Waals surface area (Å²) < 4.78 is 42.7. The first-order chi connectivity index (χ1) is 10.3. The van der Waals surface area contributed by atoms with Crippen molar-refractivity contribution in [3.05, 3.63) is 47.1 Å². The van der Waals surface area contributed by atoms with E-state index in [-0.39, 0.29) is 24.5 Å². The van der Waals surface area contributed by atoms with E-state index in [2.05, 4.69) is 5.10 Å². The number of nitrogens with zero attached hydrogens (tertiary/aromatic N) is 3. The first-order valence-corrected chi connectivity index (χ1v) is 8.58. The summed E-state index contributed by atoms with van der Waals surface area (Å²) in [4.78, 5) is 0. The third-order valence-corrected chi connectivity index (χ3v) is 6.06. The molecule has 0 saturated carbocycles. The van der Waals surface area contributed by atoms with E-state index in [4.69, 9.17) is 11.6 Å². The molecule has 0 N–H and O–H groups in total. The Bertz CT molecular complexity index is 808. The zero-order valence-electron chi connectivity index (χ0n) is 11.9. The van der Waals surface area contributed by atoms with Crippen LogP contribution in [0.1, 0.15) is 12.0 Å². The van der Waals surface area contributed by atoms with Gasteiger partial charge in [0.25, 0.3) is 10.0 Å².